The highest BCUT2D eigenvalue weighted by Crippen LogP contribution is 2.22. The Morgan fingerprint density at radius 1 is 1.21 bits per heavy atom. The van der Waals surface area contributed by atoms with Crippen molar-refractivity contribution in [1.82, 2.24) is 20.0 Å². The van der Waals surface area contributed by atoms with Crippen LogP contribution < -0.4 is 10.1 Å². The number of rotatable bonds is 5. The van der Waals surface area contributed by atoms with Gasteiger partial charge in [0.1, 0.15) is 23.9 Å². The van der Waals surface area contributed by atoms with E-state index in [1.54, 1.807) is 38.1 Å². The maximum Gasteiger partial charge on any atom is 0.528 e. The van der Waals surface area contributed by atoms with Gasteiger partial charge in [-0.2, -0.15) is 0 Å². The normalized spacial score (nSPS) is 15.6. The van der Waals surface area contributed by atoms with Crippen LogP contribution in [-0.4, -0.2) is 51.0 Å². The van der Waals surface area contributed by atoms with Crippen LogP contribution in [0.25, 0.3) is 0 Å². The highest BCUT2D eigenvalue weighted by atomic mass is 16.8. The number of carbonyl (C=O) groups excluding carboxylic acids is 1. The van der Waals surface area contributed by atoms with Crippen LogP contribution in [0.1, 0.15) is 39.3 Å². The lowest BCUT2D eigenvalue weighted by atomic mass is 10.1. The number of nitrogens with one attached hydrogen (secondary N) is 1. The molecule has 9 nitrogen and oxygen atoms in total. The molecule has 0 aromatic carbocycles. The lowest BCUT2D eigenvalue weighted by molar-refractivity contribution is -0.159. The van der Waals surface area contributed by atoms with E-state index in [9.17, 15) is 4.79 Å². The van der Waals surface area contributed by atoms with Crippen LogP contribution in [0.4, 0.5) is 16.3 Å². The number of carbonyl (C=O) groups is 1. The molecule has 0 amide bonds. The fourth-order valence-electron chi connectivity index (χ4n) is 2.81. The number of aromatic nitrogens is 3. The molecule has 2 aromatic rings. The average molecular weight is 401 g/mol. The van der Waals surface area contributed by atoms with E-state index in [1.165, 1.54) is 6.33 Å². The molecule has 1 aliphatic heterocycles. The van der Waals surface area contributed by atoms with Crippen LogP contribution in [0, 0.1) is 6.92 Å². The van der Waals surface area contributed by atoms with Gasteiger partial charge in [0.25, 0.3) is 0 Å². The first-order chi connectivity index (χ1) is 13.8. The first kappa shape index (κ1) is 20.8. The second-order valence-electron chi connectivity index (χ2n) is 7.80. The second-order valence-corrected chi connectivity index (χ2v) is 7.80. The Bertz CT molecular complexity index is 832. The molecule has 0 unspecified atom stereocenters. The van der Waals surface area contributed by atoms with E-state index in [2.05, 4.69) is 20.3 Å². The van der Waals surface area contributed by atoms with Crippen molar-refractivity contribution in [1.29, 1.82) is 0 Å². The van der Waals surface area contributed by atoms with Crippen LogP contribution in [0.15, 0.2) is 30.7 Å². The molecular weight excluding hydrogens is 374 g/mol. The van der Waals surface area contributed by atoms with Gasteiger partial charge in [0, 0.05) is 38.2 Å². The van der Waals surface area contributed by atoms with Gasteiger partial charge in [0.05, 0.1) is 11.4 Å². The first-order valence-electron chi connectivity index (χ1n) is 9.62. The summed E-state index contributed by atoms with van der Waals surface area (Å²) in [6.45, 7) is 8.45. The fraction of sp³-hybridized carbons (Fsp3) is 0.500. The van der Waals surface area contributed by atoms with Gasteiger partial charge in [-0.05, 0) is 39.8 Å². The number of hydrogen-bond acceptors (Lipinski definition) is 9. The second kappa shape index (κ2) is 9.04. The lowest BCUT2D eigenvalue weighted by Gasteiger charge is -2.30. The largest absolute Gasteiger partial charge is 0.528 e. The van der Waals surface area contributed by atoms with E-state index in [0.717, 1.165) is 11.4 Å². The van der Waals surface area contributed by atoms with E-state index in [4.69, 9.17) is 14.3 Å². The van der Waals surface area contributed by atoms with Gasteiger partial charge in [0.15, 0.2) is 0 Å². The number of ether oxygens (including phenoxy) is 2. The molecule has 0 atom stereocenters. The predicted molar refractivity (Wildman–Crippen MR) is 107 cm³/mol. The highest BCUT2D eigenvalue weighted by molar-refractivity contribution is 5.60. The number of aryl methyl sites for hydroxylation is 1. The Kier molecular flexibility index (Phi) is 6.48. The van der Waals surface area contributed by atoms with Gasteiger partial charge in [-0.25, -0.2) is 14.8 Å². The molecule has 1 aliphatic rings. The minimum atomic E-state index is -0.686. The van der Waals surface area contributed by atoms with Crippen molar-refractivity contribution >= 4 is 17.7 Å². The van der Waals surface area contributed by atoms with Crippen LogP contribution in [0.5, 0.6) is 5.88 Å². The molecular formula is C20H27N5O4. The maximum atomic E-state index is 11.8. The van der Waals surface area contributed by atoms with Crippen molar-refractivity contribution in [3.05, 3.63) is 36.4 Å². The molecule has 1 fully saturated rings. The van der Waals surface area contributed by atoms with E-state index in [0.29, 0.717) is 37.6 Å². The van der Waals surface area contributed by atoms with E-state index in [-0.39, 0.29) is 6.10 Å². The van der Waals surface area contributed by atoms with E-state index >= 15 is 0 Å². The number of anilines is 2. The van der Waals surface area contributed by atoms with Crippen LogP contribution in [0.2, 0.25) is 0 Å². The summed E-state index contributed by atoms with van der Waals surface area (Å²) in [5.74, 6) is 1.13. The van der Waals surface area contributed by atoms with Crippen molar-refractivity contribution in [3.63, 3.8) is 0 Å². The van der Waals surface area contributed by atoms with Gasteiger partial charge in [0.2, 0.25) is 5.88 Å². The summed E-state index contributed by atoms with van der Waals surface area (Å²) in [7, 11) is 0. The Labute approximate surface area is 170 Å². The minimum Gasteiger partial charge on any atom is -0.474 e. The number of hydrogen-bond donors (Lipinski definition) is 1. The zero-order valence-electron chi connectivity index (χ0n) is 17.2. The Morgan fingerprint density at radius 3 is 2.66 bits per heavy atom. The highest BCUT2D eigenvalue weighted by Gasteiger charge is 2.26. The third kappa shape index (κ3) is 6.56. The van der Waals surface area contributed by atoms with Crippen molar-refractivity contribution in [2.75, 3.05) is 18.4 Å². The quantitative estimate of drug-likeness (QED) is 0.753. The van der Waals surface area contributed by atoms with Gasteiger partial charge in [-0.1, -0.05) is 0 Å². The molecule has 1 saturated heterocycles. The number of nitrogens with zero attached hydrogens (tertiary/aromatic N) is 4. The third-order valence-electron chi connectivity index (χ3n) is 4.19. The minimum absolute atomic E-state index is 0.0173. The molecule has 3 heterocycles. The Hall–Kier alpha value is -2.94. The van der Waals surface area contributed by atoms with Gasteiger partial charge in [-0.3, -0.25) is 4.98 Å². The van der Waals surface area contributed by atoms with Crippen LogP contribution in [-0.2, 0) is 9.57 Å². The van der Waals surface area contributed by atoms with Crippen LogP contribution in [0.3, 0.4) is 0 Å². The zero-order valence-corrected chi connectivity index (χ0v) is 17.2. The molecule has 156 valence electrons. The smallest absolute Gasteiger partial charge is 0.474 e. The molecule has 0 spiro atoms. The summed E-state index contributed by atoms with van der Waals surface area (Å²) in [6.07, 6.45) is 3.91. The summed E-state index contributed by atoms with van der Waals surface area (Å²) < 4.78 is 11.2. The molecule has 0 radical (unpaired) electrons. The maximum absolute atomic E-state index is 11.8. The molecule has 0 saturated carbocycles. The summed E-state index contributed by atoms with van der Waals surface area (Å²) in [5.41, 5.74) is 1.18. The van der Waals surface area contributed by atoms with Crippen molar-refractivity contribution < 1.29 is 19.1 Å². The summed E-state index contributed by atoms with van der Waals surface area (Å²) in [6, 6.07) is 5.56. The monoisotopic (exact) mass is 401 g/mol. The molecule has 2 aromatic heterocycles. The summed E-state index contributed by atoms with van der Waals surface area (Å²) >= 11 is 0. The van der Waals surface area contributed by atoms with Crippen LogP contribution >= 0.6 is 0 Å². The molecule has 0 bridgehead atoms. The zero-order chi connectivity index (χ0) is 20.9. The van der Waals surface area contributed by atoms with Gasteiger partial charge in [-0.15, -0.1) is 5.06 Å². The number of piperidine rings is 1. The predicted octanol–water partition coefficient (Wildman–Crippen LogP) is 3.63. The standard InChI is InChI=1S/C20H27N5O4/c1-14-16(6-5-9-21-14)24-17-12-18(23-13-22-17)27-15-7-10-25(11-8-15)29-19(26)28-20(2,3)4/h5-6,9,12-13,15H,7-8,10-11H2,1-4H3,(H,22,23,24). The Balaban J connectivity index is 1.49. The van der Waals surface area contributed by atoms with Gasteiger partial charge >= 0.3 is 6.16 Å². The van der Waals surface area contributed by atoms with E-state index < -0.39 is 11.8 Å². The third-order valence-corrected chi connectivity index (χ3v) is 4.19. The average Bonchev–Trinajstić information content (AvgIpc) is 2.64. The first-order valence-corrected chi connectivity index (χ1v) is 9.62. The Morgan fingerprint density at radius 2 is 1.97 bits per heavy atom. The van der Waals surface area contributed by atoms with Crippen molar-refractivity contribution in [2.24, 2.45) is 0 Å². The molecule has 0 aliphatic carbocycles. The molecule has 3 rings (SSSR count). The number of pyridine rings is 1. The van der Waals surface area contributed by atoms with E-state index in [1.807, 2.05) is 19.1 Å². The lowest BCUT2D eigenvalue weighted by Crippen LogP contribution is -2.40. The SMILES string of the molecule is Cc1ncccc1Nc1cc(OC2CCN(OC(=O)OC(C)(C)C)CC2)ncn1. The van der Waals surface area contributed by atoms with Gasteiger partial charge < -0.3 is 19.6 Å². The number of hydroxylamine groups is 2. The fourth-order valence-corrected chi connectivity index (χ4v) is 2.81. The molecule has 9 heteroatoms. The summed E-state index contributed by atoms with van der Waals surface area (Å²) in [4.78, 5) is 29.7. The molecule has 1 N–H and O–H groups in total. The molecule has 29 heavy (non-hydrogen) atoms. The van der Waals surface area contributed by atoms with Crippen molar-refractivity contribution in [3.8, 4) is 5.88 Å². The van der Waals surface area contributed by atoms with Crippen molar-refractivity contribution in [2.45, 2.75) is 52.2 Å². The topological polar surface area (TPSA) is 98.7 Å². The summed E-state index contributed by atoms with van der Waals surface area (Å²) in [5, 5.41) is 4.83.